The van der Waals surface area contributed by atoms with Crippen molar-refractivity contribution in [1.29, 1.82) is 0 Å². The first kappa shape index (κ1) is 20.0. The number of nitrogens with one attached hydrogen (secondary N) is 1. The van der Waals surface area contributed by atoms with Crippen molar-refractivity contribution in [2.75, 3.05) is 6.61 Å². The van der Waals surface area contributed by atoms with Crippen LogP contribution in [0.3, 0.4) is 0 Å². The minimum Gasteiger partial charge on any atom is -0.466 e. The molecule has 0 bridgehead atoms. The van der Waals surface area contributed by atoms with Crippen LogP contribution in [-0.2, 0) is 20.9 Å². The highest BCUT2D eigenvalue weighted by molar-refractivity contribution is 7.13. The minimum absolute atomic E-state index is 0.0332. The molecule has 3 aromatic rings. The average molecular weight is 420 g/mol. The van der Waals surface area contributed by atoms with Gasteiger partial charge >= 0.3 is 5.97 Å². The minimum atomic E-state index is -0.625. The Morgan fingerprint density at radius 1 is 1.29 bits per heavy atom. The van der Waals surface area contributed by atoms with Crippen molar-refractivity contribution < 1.29 is 14.3 Å². The summed E-state index contributed by atoms with van der Waals surface area (Å²) in [4.78, 5) is 26.5. The van der Waals surface area contributed by atoms with Crippen LogP contribution < -0.4 is 5.32 Å². The van der Waals surface area contributed by atoms with E-state index in [1.54, 1.807) is 31.2 Å². The van der Waals surface area contributed by atoms with Gasteiger partial charge in [0, 0.05) is 5.02 Å². The molecular weight excluding hydrogens is 402 g/mol. The Morgan fingerprint density at radius 3 is 2.82 bits per heavy atom. The van der Waals surface area contributed by atoms with Crippen molar-refractivity contribution >= 4 is 34.8 Å². The number of esters is 1. The number of benzene rings is 1. The standard InChI is InChI=1S/C18H18ClN5O3S/c1-2-27-17(26)10-14(12-6-3-4-7-13(12)19)20-16(25)11-24-22-18(21-23-24)15-8-5-9-28-15/h3-9,14H,2,10-11H2,1H3,(H,20,25). The second-order valence-corrected chi connectivity index (χ2v) is 7.13. The van der Waals surface area contributed by atoms with Gasteiger partial charge < -0.3 is 10.1 Å². The lowest BCUT2D eigenvalue weighted by Crippen LogP contribution is -2.34. The summed E-state index contributed by atoms with van der Waals surface area (Å²) in [6.07, 6.45) is -0.0332. The van der Waals surface area contributed by atoms with E-state index < -0.39 is 12.0 Å². The molecule has 8 nitrogen and oxygen atoms in total. The lowest BCUT2D eigenvalue weighted by atomic mass is 10.0. The van der Waals surface area contributed by atoms with Crippen LogP contribution in [-0.4, -0.2) is 38.7 Å². The molecule has 0 saturated carbocycles. The first-order valence-electron chi connectivity index (χ1n) is 8.58. The Hall–Kier alpha value is -2.78. The van der Waals surface area contributed by atoms with Crippen molar-refractivity contribution in [3.8, 4) is 10.7 Å². The van der Waals surface area contributed by atoms with Crippen molar-refractivity contribution in [2.24, 2.45) is 0 Å². The van der Waals surface area contributed by atoms with Gasteiger partial charge in [-0.05, 0) is 35.2 Å². The summed E-state index contributed by atoms with van der Waals surface area (Å²) in [5, 5.41) is 17.2. The third kappa shape index (κ3) is 5.14. The number of tetrazole rings is 1. The quantitative estimate of drug-likeness (QED) is 0.563. The summed E-state index contributed by atoms with van der Waals surface area (Å²) in [6.45, 7) is 1.85. The van der Waals surface area contributed by atoms with Crippen LogP contribution in [0.15, 0.2) is 41.8 Å². The first-order chi connectivity index (χ1) is 13.6. The van der Waals surface area contributed by atoms with E-state index in [1.807, 2.05) is 17.5 Å². The van der Waals surface area contributed by atoms with E-state index in [4.69, 9.17) is 16.3 Å². The Morgan fingerprint density at radius 2 is 2.11 bits per heavy atom. The number of nitrogens with zero attached hydrogens (tertiary/aromatic N) is 4. The zero-order valence-corrected chi connectivity index (χ0v) is 16.6. The highest BCUT2D eigenvalue weighted by atomic mass is 35.5. The number of hydrogen-bond donors (Lipinski definition) is 1. The monoisotopic (exact) mass is 419 g/mol. The third-order valence-corrected chi connectivity index (χ3v) is 4.98. The molecule has 0 radical (unpaired) electrons. The van der Waals surface area contributed by atoms with Gasteiger partial charge in [-0.2, -0.15) is 4.80 Å². The Balaban J connectivity index is 1.70. The number of rotatable bonds is 8. The molecule has 146 valence electrons. The topological polar surface area (TPSA) is 99.0 Å². The fourth-order valence-electron chi connectivity index (χ4n) is 2.57. The predicted molar refractivity (Wildman–Crippen MR) is 105 cm³/mol. The second kappa shape index (κ2) is 9.43. The summed E-state index contributed by atoms with van der Waals surface area (Å²) in [7, 11) is 0. The molecule has 0 fully saturated rings. The van der Waals surface area contributed by atoms with Crippen LogP contribution in [0.2, 0.25) is 5.02 Å². The molecule has 1 amide bonds. The molecule has 2 aromatic heterocycles. The summed E-state index contributed by atoms with van der Waals surface area (Å²) >= 11 is 7.73. The number of ether oxygens (including phenoxy) is 1. The largest absolute Gasteiger partial charge is 0.466 e. The zero-order valence-electron chi connectivity index (χ0n) is 15.0. The summed E-state index contributed by atoms with van der Waals surface area (Å²) in [5.41, 5.74) is 0.636. The van der Waals surface area contributed by atoms with E-state index >= 15 is 0 Å². The summed E-state index contributed by atoms with van der Waals surface area (Å²) < 4.78 is 5.01. The van der Waals surface area contributed by atoms with Crippen LogP contribution >= 0.6 is 22.9 Å². The molecule has 1 atom stereocenters. The molecule has 0 saturated heterocycles. The molecule has 0 spiro atoms. The fourth-order valence-corrected chi connectivity index (χ4v) is 3.48. The summed E-state index contributed by atoms with van der Waals surface area (Å²) in [6, 6.07) is 10.2. The van der Waals surface area contributed by atoms with E-state index in [1.165, 1.54) is 16.1 Å². The SMILES string of the molecule is CCOC(=O)CC(NC(=O)Cn1nnc(-c2cccs2)n1)c1ccccc1Cl. The predicted octanol–water partition coefficient (Wildman–Crippen LogP) is 2.87. The average Bonchev–Trinajstić information content (AvgIpc) is 3.33. The van der Waals surface area contributed by atoms with Gasteiger partial charge in [0.15, 0.2) is 0 Å². The van der Waals surface area contributed by atoms with Crippen molar-refractivity contribution in [2.45, 2.75) is 25.9 Å². The number of amides is 1. The van der Waals surface area contributed by atoms with Crippen molar-refractivity contribution in [1.82, 2.24) is 25.5 Å². The molecule has 3 rings (SSSR count). The van der Waals surface area contributed by atoms with Gasteiger partial charge in [-0.3, -0.25) is 9.59 Å². The molecule has 28 heavy (non-hydrogen) atoms. The van der Waals surface area contributed by atoms with Gasteiger partial charge in [0.25, 0.3) is 0 Å². The van der Waals surface area contributed by atoms with Gasteiger partial charge in [-0.15, -0.1) is 21.5 Å². The number of carbonyl (C=O) groups is 2. The van der Waals surface area contributed by atoms with E-state index in [9.17, 15) is 9.59 Å². The third-order valence-electron chi connectivity index (χ3n) is 3.77. The maximum Gasteiger partial charge on any atom is 0.308 e. The van der Waals surface area contributed by atoms with Gasteiger partial charge in [0.2, 0.25) is 11.7 Å². The van der Waals surface area contributed by atoms with Gasteiger partial charge in [0.05, 0.1) is 23.9 Å². The number of halogens is 1. The highest BCUT2D eigenvalue weighted by Crippen LogP contribution is 2.25. The first-order valence-corrected chi connectivity index (χ1v) is 9.83. The Labute approximate surface area is 170 Å². The molecule has 1 N–H and O–H groups in total. The molecule has 0 aliphatic heterocycles. The molecule has 1 aromatic carbocycles. The number of carbonyl (C=O) groups excluding carboxylic acids is 2. The molecule has 2 heterocycles. The number of hydrogen-bond acceptors (Lipinski definition) is 7. The van der Waals surface area contributed by atoms with Crippen LogP contribution in [0.25, 0.3) is 10.7 Å². The van der Waals surface area contributed by atoms with Gasteiger partial charge in [-0.25, -0.2) is 0 Å². The summed E-state index contributed by atoms with van der Waals surface area (Å²) in [5.74, 6) is -0.340. The van der Waals surface area contributed by atoms with Crippen LogP contribution in [0.1, 0.15) is 24.9 Å². The molecule has 0 aliphatic carbocycles. The lowest BCUT2D eigenvalue weighted by molar-refractivity contribution is -0.143. The van der Waals surface area contributed by atoms with Crippen molar-refractivity contribution in [3.63, 3.8) is 0 Å². The molecule has 0 aliphatic rings. The maximum absolute atomic E-state index is 12.5. The molecule has 10 heteroatoms. The van der Waals surface area contributed by atoms with Gasteiger partial charge in [0.1, 0.15) is 6.54 Å². The zero-order chi connectivity index (χ0) is 19.9. The van der Waals surface area contributed by atoms with E-state index in [0.717, 1.165) is 4.88 Å². The van der Waals surface area contributed by atoms with Crippen LogP contribution in [0, 0.1) is 0 Å². The Bertz CT molecular complexity index is 944. The second-order valence-electron chi connectivity index (χ2n) is 5.77. The van der Waals surface area contributed by atoms with E-state index in [-0.39, 0.29) is 25.5 Å². The van der Waals surface area contributed by atoms with Gasteiger partial charge in [-0.1, -0.05) is 35.9 Å². The van der Waals surface area contributed by atoms with Crippen LogP contribution in [0.4, 0.5) is 0 Å². The van der Waals surface area contributed by atoms with Crippen LogP contribution in [0.5, 0.6) is 0 Å². The van der Waals surface area contributed by atoms with Crippen molar-refractivity contribution in [3.05, 3.63) is 52.4 Å². The van der Waals surface area contributed by atoms with E-state index in [0.29, 0.717) is 16.4 Å². The fraction of sp³-hybridized carbons (Fsp3) is 0.278. The van der Waals surface area contributed by atoms with E-state index in [2.05, 4.69) is 20.7 Å². The Kier molecular flexibility index (Phi) is 6.72. The molecule has 1 unspecified atom stereocenters. The smallest absolute Gasteiger partial charge is 0.308 e. The maximum atomic E-state index is 12.5. The highest BCUT2D eigenvalue weighted by Gasteiger charge is 2.22. The number of aromatic nitrogens is 4. The normalized spacial score (nSPS) is 11.8. The molecular formula is C18H18ClN5O3S. The number of thiophene rings is 1. The lowest BCUT2D eigenvalue weighted by Gasteiger charge is -2.19.